The van der Waals surface area contributed by atoms with Crippen LogP contribution in [0.3, 0.4) is 0 Å². The summed E-state index contributed by atoms with van der Waals surface area (Å²) in [4.78, 5) is 15.7. The van der Waals surface area contributed by atoms with E-state index in [0.29, 0.717) is 12.1 Å². The van der Waals surface area contributed by atoms with Crippen molar-refractivity contribution in [2.45, 2.75) is 27.3 Å². The lowest BCUT2D eigenvalue weighted by molar-refractivity contribution is 0.874. The van der Waals surface area contributed by atoms with Gasteiger partial charge in [-0.3, -0.25) is 4.79 Å². The highest BCUT2D eigenvalue weighted by Crippen LogP contribution is 2.22. The second kappa shape index (κ2) is 6.76. The first kappa shape index (κ1) is 17.1. The zero-order valence-corrected chi connectivity index (χ0v) is 15.7. The summed E-state index contributed by atoms with van der Waals surface area (Å²) in [6.07, 6.45) is 0. The van der Waals surface area contributed by atoms with Gasteiger partial charge in [0.2, 0.25) is 0 Å². The maximum absolute atomic E-state index is 12.7. The van der Waals surface area contributed by atoms with E-state index < -0.39 is 0 Å². The van der Waals surface area contributed by atoms with E-state index in [1.54, 1.807) is 4.68 Å². The van der Waals surface area contributed by atoms with Crippen LogP contribution in [0, 0.1) is 20.8 Å². The number of aromatic amines is 1. The minimum absolute atomic E-state index is 0.0988. The molecule has 2 aromatic carbocycles. The van der Waals surface area contributed by atoms with Gasteiger partial charge < -0.3 is 10.3 Å². The lowest BCUT2D eigenvalue weighted by Gasteiger charge is -2.12. The third kappa shape index (κ3) is 3.12. The Morgan fingerprint density at radius 1 is 1.00 bits per heavy atom. The first-order valence-corrected chi connectivity index (χ1v) is 9.01. The van der Waals surface area contributed by atoms with E-state index in [4.69, 9.17) is 0 Å². The van der Waals surface area contributed by atoms with Gasteiger partial charge in [-0.25, -0.2) is 4.68 Å². The normalized spacial score (nSPS) is 11.1. The predicted octanol–water partition coefficient (Wildman–Crippen LogP) is 4.25. The number of fused-ring (bicyclic) bond motifs is 1. The molecule has 0 saturated carbocycles. The van der Waals surface area contributed by atoms with Crippen molar-refractivity contribution in [2.24, 2.45) is 0 Å². The third-order valence-electron chi connectivity index (χ3n) is 4.89. The molecule has 2 aromatic heterocycles. The Morgan fingerprint density at radius 3 is 2.41 bits per heavy atom. The molecular formula is C22H22N4O. The van der Waals surface area contributed by atoms with E-state index in [1.165, 1.54) is 11.1 Å². The summed E-state index contributed by atoms with van der Waals surface area (Å²) in [6.45, 7) is 6.56. The molecule has 136 valence electrons. The highest BCUT2D eigenvalue weighted by Gasteiger charge is 2.13. The van der Waals surface area contributed by atoms with Crippen LogP contribution in [0.4, 0.5) is 5.69 Å². The summed E-state index contributed by atoms with van der Waals surface area (Å²) in [5.41, 5.74) is 6.54. The molecule has 4 aromatic rings. The number of rotatable bonds is 4. The molecule has 0 radical (unpaired) electrons. The first-order chi connectivity index (χ1) is 13.0. The molecule has 5 nitrogen and oxygen atoms in total. The Hall–Kier alpha value is -3.34. The number of aryl methyl sites for hydroxylation is 3. The molecule has 0 fully saturated rings. The smallest absolute Gasteiger partial charge is 0.254 e. The molecule has 0 unspecified atom stereocenters. The Morgan fingerprint density at radius 2 is 1.70 bits per heavy atom. The minimum atomic E-state index is -0.0988. The largest absolute Gasteiger partial charge is 0.380 e. The van der Waals surface area contributed by atoms with Crippen LogP contribution in [0.15, 0.2) is 59.4 Å². The molecule has 0 bridgehead atoms. The first-order valence-electron chi connectivity index (χ1n) is 9.01. The summed E-state index contributed by atoms with van der Waals surface area (Å²) < 4.78 is 1.79. The van der Waals surface area contributed by atoms with Crippen molar-refractivity contribution in [2.75, 3.05) is 5.32 Å². The van der Waals surface area contributed by atoms with Crippen LogP contribution in [-0.2, 0) is 6.54 Å². The Balaban J connectivity index is 1.73. The number of aromatic nitrogens is 3. The fourth-order valence-electron chi connectivity index (χ4n) is 3.42. The van der Waals surface area contributed by atoms with Crippen LogP contribution in [0.25, 0.3) is 16.7 Å². The van der Waals surface area contributed by atoms with Gasteiger partial charge in [0.05, 0.1) is 11.4 Å². The number of nitrogens with zero attached hydrogens (tertiary/aromatic N) is 2. The maximum atomic E-state index is 12.7. The highest BCUT2D eigenvalue weighted by atomic mass is 16.1. The van der Waals surface area contributed by atoms with E-state index in [2.05, 4.69) is 41.4 Å². The van der Waals surface area contributed by atoms with Gasteiger partial charge in [-0.2, -0.15) is 5.10 Å². The molecule has 2 N–H and O–H groups in total. The molecule has 2 heterocycles. The summed E-state index contributed by atoms with van der Waals surface area (Å²) in [6, 6.07) is 17.9. The van der Waals surface area contributed by atoms with Crippen molar-refractivity contribution in [1.82, 2.24) is 14.8 Å². The number of nitrogens with one attached hydrogen (secondary N) is 2. The zero-order chi connectivity index (χ0) is 19.0. The number of para-hydroxylation sites is 2. The molecule has 0 aliphatic rings. The van der Waals surface area contributed by atoms with Crippen molar-refractivity contribution in [3.63, 3.8) is 0 Å². The molecular weight excluding hydrogens is 336 g/mol. The van der Waals surface area contributed by atoms with Gasteiger partial charge in [0.1, 0.15) is 5.65 Å². The molecule has 0 spiro atoms. The molecule has 27 heavy (non-hydrogen) atoms. The predicted molar refractivity (Wildman–Crippen MR) is 110 cm³/mol. The number of anilines is 1. The molecule has 0 aliphatic heterocycles. The van der Waals surface area contributed by atoms with Crippen LogP contribution in [-0.4, -0.2) is 14.8 Å². The standard InChI is InChI=1S/C22H22N4O/c1-14-8-7-9-15(2)20(14)23-13-17-12-19-16(3)25-26(21(19)24-22(17)27)18-10-5-4-6-11-18/h4-12,23H,13H2,1-3H3,(H,24,27). The molecule has 0 amide bonds. The van der Waals surface area contributed by atoms with Crippen LogP contribution in [0.2, 0.25) is 0 Å². The number of pyridine rings is 1. The van der Waals surface area contributed by atoms with Crippen LogP contribution < -0.4 is 10.9 Å². The summed E-state index contributed by atoms with van der Waals surface area (Å²) in [5.74, 6) is 0. The quantitative estimate of drug-likeness (QED) is 0.573. The van der Waals surface area contributed by atoms with Crippen molar-refractivity contribution < 1.29 is 0 Å². The van der Waals surface area contributed by atoms with E-state index in [0.717, 1.165) is 28.1 Å². The SMILES string of the molecule is Cc1cccc(C)c1NCc1cc2c(C)nn(-c3ccccc3)c2[nH]c1=O. The van der Waals surface area contributed by atoms with Crippen molar-refractivity contribution in [3.05, 3.63) is 87.3 Å². The lowest BCUT2D eigenvalue weighted by Crippen LogP contribution is -2.17. The highest BCUT2D eigenvalue weighted by molar-refractivity contribution is 5.80. The fourth-order valence-corrected chi connectivity index (χ4v) is 3.42. The van der Waals surface area contributed by atoms with Gasteiger partial charge in [-0.05, 0) is 50.1 Å². The van der Waals surface area contributed by atoms with Crippen molar-refractivity contribution in [1.29, 1.82) is 0 Å². The van der Waals surface area contributed by atoms with Crippen LogP contribution in [0.1, 0.15) is 22.4 Å². The van der Waals surface area contributed by atoms with Gasteiger partial charge in [0.25, 0.3) is 5.56 Å². The topological polar surface area (TPSA) is 62.7 Å². The molecule has 4 rings (SSSR count). The molecule has 5 heteroatoms. The zero-order valence-electron chi connectivity index (χ0n) is 15.7. The van der Waals surface area contributed by atoms with Gasteiger partial charge >= 0.3 is 0 Å². The minimum Gasteiger partial charge on any atom is -0.380 e. The summed E-state index contributed by atoms with van der Waals surface area (Å²) in [7, 11) is 0. The second-order valence-electron chi connectivity index (χ2n) is 6.84. The number of benzene rings is 2. The average Bonchev–Trinajstić information content (AvgIpc) is 2.98. The van der Waals surface area contributed by atoms with Gasteiger partial charge in [-0.1, -0.05) is 36.4 Å². The second-order valence-corrected chi connectivity index (χ2v) is 6.84. The van der Waals surface area contributed by atoms with Gasteiger partial charge in [-0.15, -0.1) is 0 Å². The van der Waals surface area contributed by atoms with E-state index in [1.807, 2.05) is 49.4 Å². The maximum Gasteiger partial charge on any atom is 0.254 e. The van der Waals surface area contributed by atoms with Gasteiger partial charge in [0.15, 0.2) is 0 Å². The number of hydrogen-bond donors (Lipinski definition) is 2. The molecule has 0 saturated heterocycles. The fraction of sp³-hybridized carbons (Fsp3) is 0.182. The summed E-state index contributed by atoms with van der Waals surface area (Å²) in [5, 5.41) is 8.98. The van der Waals surface area contributed by atoms with E-state index in [-0.39, 0.29) is 5.56 Å². The van der Waals surface area contributed by atoms with Crippen molar-refractivity contribution >= 4 is 16.7 Å². The van der Waals surface area contributed by atoms with Gasteiger partial charge in [0, 0.05) is 23.2 Å². The van der Waals surface area contributed by atoms with Crippen LogP contribution >= 0.6 is 0 Å². The van der Waals surface area contributed by atoms with Crippen molar-refractivity contribution in [3.8, 4) is 5.69 Å². The number of hydrogen-bond acceptors (Lipinski definition) is 3. The Kier molecular flexibility index (Phi) is 4.28. The van der Waals surface area contributed by atoms with Crippen LogP contribution in [0.5, 0.6) is 0 Å². The Bertz CT molecular complexity index is 1150. The lowest BCUT2D eigenvalue weighted by atomic mass is 10.1. The van der Waals surface area contributed by atoms with E-state index in [9.17, 15) is 4.79 Å². The molecule has 0 aliphatic carbocycles. The Labute approximate surface area is 157 Å². The average molecular weight is 358 g/mol. The molecule has 0 atom stereocenters. The third-order valence-corrected chi connectivity index (χ3v) is 4.89. The number of H-pyrrole nitrogens is 1. The van der Waals surface area contributed by atoms with E-state index >= 15 is 0 Å². The monoisotopic (exact) mass is 358 g/mol. The summed E-state index contributed by atoms with van der Waals surface area (Å²) >= 11 is 0.